The van der Waals surface area contributed by atoms with Gasteiger partial charge in [-0.1, -0.05) is 13.8 Å². The number of benzene rings is 1. The third-order valence-corrected chi connectivity index (χ3v) is 3.60. The minimum atomic E-state index is -0.971. The van der Waals surface area contributed by atoms with E-state index < -0.39 is 12.1 Å². The van der Waals surface area contributed by atoms with Crippen LogP contribution < -0.4 is 5.32 Å². The molecule has 7 nitrogen and oxygen atoms in total. The van der Waals surface area contributed by atoms with Crippen molar-refractivity contribution in [1.82, 2.24) is 9.97 Å². The van der Waals surface area contributed by atoms with E-state index in [9.17, 15) is 14.4 Å². The molecule has 0 bridgehead atoms. The van der Waals surface area contributed by atoms with Crippen molar-refractivity contribution in [2.24, 2.45) is 5.92 Å². The summed E-state index contributed by atoms with van der Waals surface area (Å²) in [4.78, 5) is 44.0. The second-order valence-corrected chi connectivity index (χ2v) is 6.18. The molecule has 1 heterocycles. The Bertz CT molecular complexity index is 799. The number of carbonyl (C=O) groups is 3. The highest BCUT2D eigenvalue weighted by Gasteiger charge is 2.21. The SMILES string of the molecule is Cc1cnc(C(=O)OC(C)C(=O)c2ccc(NC(=O)C(C)C)cc2)cn1. The molecule has 1 unspecified atom stereocenters. The van der Waals surface area contributed by atoms with E-state index in [1.54, 1.807) is 45.0 Å². The smallest absolute Gasteiger partial charge is 0.359 e. The Balaban J connectivity index is 2.00. The first kappa shape index (κ1) is 19.2. The molecule has 136 valence electrons. The quantitative estimate of drug-likeness (QED) is 0.632. The van der Waals surface area contributed by atoms with Crippen LogP contribution in [0.4, 0.5) is 5.69 Å². The van der Waals surface area contributed by atoms with Crippen molar-refractivity contribution in [1.29, 1.82) is 0 Å². The third kappa shape index (κ3) is 4.95. The van der Waals surface area contributed by atoms with Crippen LogP contribution in [0.3, 0.4) is 0 Å². The summed E-state index contributed by atoms with van der Waals surface area (Å²) in [7, 11) is 0. The molecule has 0 saturated heterocycles. The number of Topliss-reactive ketones (excluding diaryl/α,β-unsaturated/α-hetero) is 1. The van der Waals surface area contributed by atoms with E-state index >= 15 is 0 Å². The molecule has 0 spiro atoms. The molecular weight excluding hydrogens is 334 g/mol. The van der Waals surface area contributed by atoms with Gasteiger partial charge in [-0.05, 0) is 38.1 Å². The molecule has 0 radical (unpaired) electrons. The molecule has 0 aliphatic carbocycles. The lowest BCUT2D eigenvalue weighted by Crippen LogP contribution is -2.25. The standard InChI is InChI=1S/C19H21N3O4/c1-11(2)18(24)22-15-7-5-14(6-8-15)17(23)13(4)26-19(25)16-10-20-12(3)9-21-16/h5-11,13H,1-4H3,(H,22,24). The highest BCUT2D eigenvalue weighted by atomic mass is 16.5. The fourth-order valence-electron chi connectivity index (χ4n) is 2.01. The summed E-state index contributed by atoms with van der Waals surface area (Å²) in [6.07, 6.45) is 1.79. The predicted molar refractivity (Wildman–Crippen MR) is 95.9 cm³/mol. The van der Waals surface area contributed by atoms with Crippen LogP contribution in [0, 0.1) is 12.8 Å². The summed E-state index contributed by atoms with van der Waals surface area (Å²) in [5.74, 6) is -1.30. The van der Waals surface area contributed by atoms with Crippen LogP contribution in [0.2, 0.25) is 0 Å². The van der Waals surface area contributed by atoms with Gasteiger partial charge in [-0.15, -0.1) is 0 Å². The van der Waals surface area contributed by atoms with Crippen LogP contribution in [-0.2, 0) is 9.53 Å². The molecule has 7 heteroatoms. The van der Waals surface area contributed by atoms with Crippen molar-refractivity contribution < 1.29 is 19.1 Å². The van der Waals surface area contributed by atoms with Crippen LogP contribution in [0.25, 0.3) is 0 Å². The van der Waals surface area contributed by atoms with Crippen molar-refractivity contribution in [3.05, 3.63) is 53.6 Å². The number of aryl methyl sites for hydroxylation is 1. The van der Waals surface area contributed by atoms with Gasteiger partial charge in [0, 0.05) is 23.4 Å². The van der Waals surface area contributed by atoms with Gasteiger partial charge in [0.15, 0.2) is 11.8 Å². The molecule has 0 aliphatic rings. The minimum absolute atomic E-state index is 0.0435. The van der Waals surface area contributed by atoms with Gasteiger partial charge in [0.2, 0.25) is 11.7 Å². The van der Waals surface area contributed by atoms with Gasteiger partial charge in [0.05, 0.1) is 11.9 Å². The molecule has 2 aromatic rings. The number of nitrogens with one attached hydrogen (secondary N) is 1. The summed E-state index contributed by atoms with van der Waals surface area (Å²) < 4.78 is 5.16. The molecule has 26 heavy (non-hydrogen) atoms. The topological polar surface area (TPSA) is 98.2 Å². The summed E-state index contributed by atoms with van der Waals surface area (Å²) >= 11 is 0. The number of nitrogens with zero attached hydrogens (tertiary/aromatic N) is 2. The first-order valence-corrected chi connectivity index (χ1v) is 8.22. The van der Waals surface area contributed by atoms with Crippen molar-refractivity contribution >= 4 is 23.3 Å². The van der Waals surface area contributed by atoms with Gasteiger partial charge < -0.3 is 10.1 Å². The normalized spacial score (nSPS) is 11.7. The van der Waals surface area contributed by atoms with Gasteiger partial charge in [0.1, 0.15) is 0 Å². The Kier molecular flexibility index (Phi) is 6.16. The van der Waals surface area contributed by atoms with Gasteiger partial charge in [-0.3, -0.25) is 14.6 Å². The molecule has 1 atom stereocenters. The first-order valence-electron chi connectivity index (χ1n) is 8.22. The number of aromatic nitrogens is 2. The lowest BCUT2D eigenvalue weighted by molar-refractivity contribution is -0.118. The molecule has 1 N–H and O–H groups in total. The van der Waals surface area contributed by atoms with Crippen molar-refractivity contribution in [2.75, 3.05) is 5.32 Å². The highest BCUT2D eigenvalue weighted by Crippen LogP contribution is 2.14. The third-order valence-electron chi connectivity index (χ3n) is 3.60. The fourth-order valence-corrected chi connectivity index (χ4v) is 2.01. The second kappa shape index (κ2) is 8.33. The molecule has 2 rings (SSSR count). The lowest BCUT2D eigenvalue weighted by atomic mass is 10.1. The van der Waals surface area contributed by atoms with E-state index in [0.717, 1.165) is 0 Å². The Hall–Kier alpha value is -3.09. The molecule has 1 aromatic heterocycles. The fraction of sp³-hybridized carbons (Fsp3) is 0.316. The maximum atomic E-state index is 12.4. The summed E-state index contributed by atoms with van der Waals surface area (Å²) in [6, 6.07) is 6.42. The maximum Gasteiger partial charge on any atom is 0.359 e. The molecule has 0 fully saturated rings. The Labute approximate surface area is 151 Å². The average Bonchev–Trinajstić information content (AvgIpc) is 2.62. The predicted octanol–water partition coefficient (Wildman–Crippen LogP) is 2.81. The number of rotatable bonds is 6. The first-order chi connectivity index (χ1) is 12.3. The van der Waals surface area contributed by atoms with E-state index in [2.05, 4.69) is 15.3 Å². The Morgan fingerprint density at radius 3 is 2.19 bits per heavy atom. The van der Waals surface area contributed by atoms with Crippen molar-refractivity contribution in [2.45, 2.75) is 33.8 Å². The largest absolute Gasteiger partial charge is 0.449 e. The number of amides is 1. The van der Waals surface area contributed by atoms with Crippen LogP contribution in [0.15, 0.2) is 36.7 Å². The lowest BCUT2D eigenvalue weighted by Gasteiger charge is -2.13. The minimum Gasteiger partial charge on any atom is -0.449 e. The molecular formula is C19H21N3O4. The number of hydrogen-bond donors (Lipinski definition) is 1. The molecule has 1 aromatic carbocycles. The molecule has 0 aliphatic heterocycles. The Morgan fingerprint density at radius 2 is 1.65 bits per heavy atom. The van der Waals surface area contributed by atoms with E-state index in [1.165, 1.54) is 19.3 Å². The van der Waals surface area contributed by atoms with Gasteiger partial charge in [-0.2, -0.15) is 0 Å². The van der Waals surface area contributed by atoms with Crippen LogP contribution in [0.5, 0.6) is 0 Å². The zero-order valence-electron chi connectivity index (χ0n) is 15.1. The molecule has 0 saturated carbocycles. The number of hydrogen-bond acceptors (Lipinski definition) is 6. The molecule has 1 amide bonds. The number of carbonyl (C=O) groups excluding carboxylic acids is 3. The van der Waals surface area contributed by atoms with E-state index in [4.69, 9.17) is 4.74 Å². The van der Waals surface area contributed by atoms with Gasteiger partial charge in [-0.25, -0.2) is 9.78 Å². The number of ketones is 1. The van der Waals surface area contributed by atoms with Crippen molar-refractivity contribution in [3.8, 4) is 0 Å². The van der Waals surface area contributed by atoms with Crippen LogP contribution in [0.1, 0.15) is 47.3 Å². The average molecular weight is 355 g/mol. The van der Waals surface area contributed by atoms with E-state index in [0.29, 0.717) is 16.9 Å². The number of ether oxygens (including phenoxy) is 1. The van der Waals surface area contributed by atoms with E-state index in [-0.39, 0.29) is 23.3 Å². The Morgan fingerprint density at radius 1 is 1.00 bits per heavy atom. The summed E-state index contributed by atoms with van der Waals surface area (Å²) in [5.41, 5.74) is 1.69. The van der Waals surface area contributed by atoms with Gasteiger partial charge >= 0.3 is 5.97 Å². The van der Waals surface area contributed by atoms with Crippen molar-refractivity contribution in [3.63, 3.8) is 0 Å². The highest BCUT2D eigenvalue weighted by molar-refractivity contribution is 6.01. The maximum absolute atomic E-state index is 12.4. The zero-order valence-corrected chi connectivity index (χ0v) is 15.1. The number of esters is 1. The summed E-state index contributed by atoms with van der Waals surface area (Å²) in [6.45, 7) is 6.83. The van der Waals surface area contributed by atoms with Crippen LogP contribution >= 0.6 is 0 Å². The van der Waals surface area contributed by atoms with Crippen LogP contribution in [-0.4, -0.2) is 33.7 Å². The van der Waals surface area contributed by atoms with E-state index in [1.807, 2.05) is 0 Å². The monoisotopic (exact) mass is 355 g/mol. The van der Waals surface area contributed by atoms with Gasteiger partial charge in [0.25, 0.3) is 0 Å². The second-order valence-electron chi connectivity index (χ2n) is 6.18. The zero-order chi connectivity index (χ0) is 19.3. The number of anilines is 1. The summed E-state index contributed by atoms with van der Waals surface area (Å²) in [5, 5.41) is 2.74.